The Labute approximate surface area is 151 Å². The highest BCUT2D eigenvalue weighted by atomic mass is 35.5. The minimum absolute atomic E-state index is 0.119. The van der Waals surface area contributed by atoms with Gasteiger partial charge in [0.15, 0.2) is 5.11 Å². The second kappa shape index (κ2) is 7.56. The number of nitro benzene ring substituents is 1. The van der Waals surface area contributed by atoms with E-state index in [9.17, 15) is 14.9 Å². The molecule has 0 amide bonds. The lowest BCUT2D eigenvalue weighted by Crippen LogP contribution is -2.20. The Morgan fingerprint density at radius 3 is 2.71 bits per heavy atom. The van der Waals surface area contributed by atoms with Gasteiger partial charge in [-0.2, -0.15) is 0 Å². The number of benzene rings is 1. The van der Waals surface area contributed by atoms with Crippen LogP contribution in [0.3, 0.4) is 0 Å². The number of nitro groups is 1. The maximum atomic E-state index is 11.7. The van der Waals surface area contributed by atoms with Crippen molar-refractivity contribution < 1.29 is 14.5 Å². The van der Waals surface area contributed by atoms with Crippen LogP contribution in [0.15, 0.2) is 24.3 Å². The molecule has 1 aromatic carbocycles. The van der Waals surface area contributed by atoms with Gasteiger partial charge >= 0.3 is 5.97 Å². The molecule has 0 saturated heterocycles. The molecule has 0 spiro atoms. The fraction of sp³-hybridized carbons (Fsp3) is 0.143. The van der Waals surface area contributed by atoms with E-state index in [0.717, 1.165) is 4.88 Å². The van der Waals surface area contributed by atoms with Crippen LogP contribution in [-0.2, 0) is 4.74 Å². The number of esters is 1. The highest BCUT2D eigenvalue weighted by molar-refractivity contribution is 7.80. The first-order valence-corrected chi connectivity index (χ1v) is 8.12. The number of aryl methyl sites for hydroxylation is 1. The fourth-order valence-electron chi connectivity index (χ4n) is 1.85. The maximum Gasteiger partial charge on any atom is 0.340 e. The molecule has 0 radical (unpaired) electrons. The number of carbonyl (C=O) groups is 1. The summed E-state index contributed by atoms with van der Waals surface area (Å²) >= 11 is 12.5. The zero-order valence-corrected chi connectivity index (χ0v) is 15.0. The van der Waals surface area contributed by atoms with Gasteiger partial charge < -0.3 is 15.4 Å². The lowest BCUT2D eigenvalue weighted by atomic mass is 10.3. The molecule has 0 aliphatic carbocycles. The zero-order valence-electron chi connectivity index (χ0n) is 12.6. The summed E-state index contributed by atoms with van der Waals surface area (Å²) in [6.07, 6.45) is 0. The number of carbonyl (C=O) groups excluding carboxylic acids is 1. The van der Waals surface area contributed by atoms with Crippen LogP contribution in [0.4, 0.5) is 16.4 Å². The topological polar surface area (TPSA) is 93.5 Å². The van der Waals surface area contributed by atoms with Crippen molar-refractivity contribution in [2.45, 2.75) is 6.92 Å². The number of methoxy groups -OCH3 is 1. The van der Waals surface area contributed by atoms with Gasteiger partial charge in [0.05, 0.1) is 28.3 Å². The summed E-state index contributed by atoms with van der Waals surface area (Å²) in [6.45, 7) is 1.84. The van der Waals surface area contributed by atoms with Crippen LogP contribution in [0.25, 0.3) is 0 Å². The molecule has 0 bridgehead atoms. The monoisotopic (exact) mass is 385 g/mol. The van der Waals surface area contributed by atoms with E-state index < -0.39 is 10.9 Å². The zero-order chi connectivity index (χ0) is 17.9. The molecule has 0 atom stereocenters. The second-order valence-corrected chi connectivity index (χ2v) is 6.66. The molecule has 0 aliphatic heterocycles. The molecule has 2 aromatic rings. The molecule has 2 rings (SSSR count). The third-order valence-electron chi connectivity index (χ3n) is 2.90. The Hall–Kier alpha value is -2.23. The van der Waals surface area contributed by atoms with Gasteiger partial charge in [-0.3, -0.25) is 10.1 Å². The van der Waals surface area contributed by atoms with Crippen molar-refractivity contribution in [2.75, 3.05) is 17.7 Å². The van der Waals surface area contributed by atoms with E-state index >= 15 is 0 Å². The highest BCUT2D eigenvalue weighted by Gasteiger charge is 2.17. The predicted molar refractivity (Wildman–Crippen MR) is 98.3 cm³/mol. The first-order chi connectivity index (χ1) is 11.3. The van der Waals surface area contributed by atoms with Crippen LogP contribution in [0.2, 0.25) is 5.02 Å². The Bertz CT molecular complexity index is 822. The first kappa shape index (κ1) is 18.1. The van der Waals surface area contributed by atoms with Crippen molar-refractivity contribution >= 4 is 62.6 Å². The molecule has 0 unspecified atom stereocenters. The van der Waals surface area contributed by atoms with Gasteiger partial charge in [0, 0.05) is 17.0 Å². The molecule has 2 N–H and O–H groups in total. The highest BCUT2D eigenvalue weighted by Crippen LogP contribution is 2.30. The lowest BCUT2D eigenvalue weighted by Gasteiger charge is -2.11. The number of thiocarbonyl (C=S) groups is 1. The van der Waals surface area contributed by atoms with E-state index in [0.29, 0.717) is 10.6 Å². The molecule has 0 saturated carbocycles. The number of nitrogens with one attached hydrogen (secondary N) is 2. The predicted octanol–water partition coefficient (Wildman–Crippen LogP) is 4.21. The van der Waals surface area contributed by atoms with Gasteiger partial charge in [-0.15, -0.1) is 11.3 Å². The molecule has 7 nitrogen and oxygen atoms in total. The molecule has 0 aliphatic rings. The van der Waals surface area contributed by atoms with Crippen molar-refractivity contribution in [2.24, 2.45) is 0 Å². The van der Waals surface area contributed by atoms with Crippen molar-refractivity contribution in [1.82, 2.24) is 0 Å². The molecular formula is C14H12ClN3O4S2. The van der Waals surface area contributed by atoms with Gasteiger partial charge in [-0.25, -0.2) is 4.79 Å². The molecule has 1 heterocycles. The largest absolute Gasteiger partial charge is 0.465 e. The Balaban J connectivity index is 2.19. The van der Waals surface area contributed by atoms with E-state index in [1.54, 1.807) is 6.07 Å². The van der Waals surface area contributed by atoms with Crippen LogP contribution >= 0.6 is 35.2 Å². The van der Waals surface area contributed by atoms with E-state index in [-0.39, 0.29) is 21.5 Å². The summed E-state index contributed by atoms with van der Waals surface area (Å²) in [5, 5.41) is 17.4. The van der Waals surface area contributed by atoms with Crippen molar-refractivity contribution in [3.8, 4) is 0 Å². The number of non-ortho nitro benzene ring substituents is 1. The standard InChI is InChI=1S/C14H12ClN3O4S2/c1-7-5-9(13(19)22-2)12(24-7)17-14(23)16-11-6-8(18(20)21)3-4-10(11)15/h3-6H,1-2H3,(H2,16,17,23). The van der Waals surface area contributed by atoms with E-state index in [4.69, 9.17) is 28.6 Å². The van der Waals surface area contributed by atoms with Crippen molar-refractivity contribution in [3.63, 3.8) is 0 Å². The summed E-state index contributed by atoms with van der Waals surface area (Å²) in [7, 11) is 1.29. The van der Waals surface area contributed by atoms with E-state index in [1.165, 1.54) is 36.6 Å². The summed E-state index contributed by atoms with van der Waals surface area (Å²) in [5.41, 5.74) is 0.525. The summed E-state index contributed by atoms with van der Waals surface area (Å²) in [5.74, 6) is -0.488. The third-order valence-corrected chi connectivity index (χ3v) is 4.40. The van der Waals surface area contributed by atoms with Gasteiger partial charge in [0.25, 0.3) is 5.69 Å². The summed E-state index contributed by atoms with van der Waals surface area (Å²) < 4.78 is 4.72. The van der Waals surface area contributed by atoms with Crippen LogP contribution in [0.1, 0.15) is 15.2 Å². The molecular weight excluding hydrogens is 374 g/mol. The molecule has 1 aromatic heterocycles. The Morgan fingerprint density at radius 2 is 2.08 bits per heavy atom. The number of anilines is 2. The molecule has 10 heteroatoms. The number of thiophene rings is 1. The fourth-order valence-corrected chi connectivity index (χ4v) is 3.19. The van der Waals surface area contributed by atoms with Gasteiger partial charge in [0.2, 0.25) is 0 Å². The number of hydrogen-bond acceptors (Lipinski definition) is 6. The summed E-state index contributed by atoms with van der Waals surface area (Å²) in [4.78, 5) is 22.9. The minimum Gasteiger partial charge on any atom is -0.465 e. The second-order valence-electron chi connectivity index (χ2n) is 4.59. The number of nitrogens with zero attached hydrogens (tertiary/aromatic N) is 1. The first-order valence-electron chi connectivity index (χ1n) is 6.52. The van der Waals surface area contributed by atoms with Crippen LogP contribution in [-0.4, -0.2) is 23.1 Å². The lowest BCUT2D eigenvalue weighted by molar-refractivity contribution is -0.384. The van der Waals surface area contributed by atoms with Crippen molar-refractivity contribution in [3.05, 3.63) is 49.8 Å². The smallest absolute Gasteiger partial charge is 0.340 e. The number of ether oxygens (including phenoxy) is 1. The summed E-state index contributed by atoms with van der Waals surface area (Å²) in [6, 6.07) is 5.65. The van der Waals surface area contributed by atoms with Gasteiger partial charge in [-0.1, -0.05) is 11.6 Å². The van der Waals surface area contributed by atoms with Crippen LogP contribution < -0.4 is 10.6 Å². The molecule has 126 valence electrons. The van der Waals surface area contributed by atoms with E-state index in [1.807, 2.05) is 6.92 Å². The maximum absolute atomic E-state index is 11.7. The normalized spacial score (nSPS) is 10.1. The number of hydrogen-bond donors (Lipinski definition) is 2. The SMILES string of the molecule is COC(=O)c1cc(C)sc1NC(=S)Nc1cc([N+](=O)[O-])ccc1Cl. The number of rotatable bonds is 4. The van der Waals surface area contributed by atoms with Crippen molar-refractivity contribution in [1.29, 1.82) is 0 Å². The quantitative estimate of drug-likeness (QED) is 0.352. The molecule has 0 fully saturated rings. The molecule has 24 heavy (non-hydrogen) atoms. The van der Waals surface area contributed by atoms with Gasteiger partial charge in [-0.05, 0) is 31.3 Å². The minimum atomic E-state index is -0.532. The Kier molecular flexibility index (Phi) is 5.71. The average molecular weight is 386 g/mol. The van der Waals surface area contributed by atoms with Crippen LogP contribution in [0, 0.1) is 17.0 Å². The van der Waals surface area contributed by atoms with E-state index in [2.05, 4.69) is 10.6 Å². The Morgan fingerprint density at radius 1 is 1.38 bits per heavy atom. The number of halogens is 1. The average Bonchev–Trinajstić information content (AvgIpc) is 2.88. The van der Waals surface area contributed by atoms with Crippen LogP contribution in [0.5, 0.6) is 0 Å². The van der Waals surface area contributed by atoms with Gasteiger partial charge in [0.1, 0.15) is 5.00 Å². The third kappa shape index (κ3) is 4.19.